The molecule has 1 aliphatic carbocycles. The molecule has 1 fully saturated rings. The molecule has 2 aromatic rings. The van der Waals surface area contributed by atoms with Gasteiger partial charge < -0.3 is 4.74 Å². The third-order valence-corrected chi connectivity index (χ3v) is 4.04. The predicted octanol–water partition coefficient (Wildman–Crippen LogP) is 2.95. The SMILES string of the molecule is [2H]C1([2H])c2ccc(C)c(-c3cccc[n+]3C)c2OC12CC2. The van der Waals surface area contributed by atoms with Gasteiger partial charge in [-0.1, -0.05) is 12.1 Å². The Morgan fingerprint density at radius 1 is 1.26 bits per heavy atom. The molecule has 0 radical (unpaired) electrons. The lowest BCUT2D eigenvalue weighted by Crippen LogP contribution is -2.30. The van der Waals surface area contributed by atoms with Gasteiger partial charge in [0.25, 0.3) is 0 Å². The van der Waals surface area contributed by atoms with E-state index in [0.717, 1.165) is 35.4 Å². The van der Waals surface area contributed by atoms with E-state index >= 15 is 0 Å². The van der Waals surface area contributed by atoms with Crippen LogP contribution in [0.25, 0.3) is 11.3 Å². The summed E-state index contributed by atoms with van der Waals surface area (Å²) in [5.41, 5.74) is 3.27. The van der Waals surface area contributed by atoms with Crippen molar-refractivity contribution < 1.29 is 12.0 Å². The van der Waals surface area contributed by atoms with Gasteiger partial charge in [-0.15, -0.1) is 0 Å². The molecule has 96 valence electrons. The molecule has 1 spiro atoms. The molecule has 0 atom stereocenters. The van der Waals surface area contributed by atoms with Crippen LogP contribution in [0.5, 0.6) is 5.75 Å². The highest BCUT2D eigenvalue weighted by Crippen LogP contribution is 2.53. The van der Waals surface area contributed by atoms with Crippen molar-refractivity contribution in [3.8, 4) is 17.0 Å². The number of hydrogen-bond donors (Lipinski definition) is 0. The lowest BCUT2D eigenvalue weighted by Gasteiger charge is -2.11. The van der Waals surface area contributed by atoms with Crippen molar-refractivity contribution in [2.45, 2.75) is 31.7 Å². The van der Waals surface area contributed by atoms with E-state index in [9.17, 15) is 0 Å². The summed E-state index contributed by atoms with van der Waals surface area (Å²) in [6.45, 7) is 2.05. The molecule has 19 heavy (non-hydrogen) atoms. The first-order chi connectivity index (χ1) is 9.96. The zero-order valence-corrected chi connectivity index (χ0v) is 11.2. The van der Waals surface area contributed by atoms with E-state index in [1.807, 2.05) is 37.5 Å². The van der Waals surface area contributed by atoms with Crippen molar-refractivity contribution in [1.29, 1.82) is 0 Å². The second-order valence-electron chi connectivity index (χ2n) is 5.55. The van der Waals surface area contributed by atoms with Gasteiger partial charge in [0.15, 0.2) is 6.20 Å². The van der Waals surface area contributed by atoms with E-state index in [1.54, 1.807) is 0 Å². The minimum Gasteiger partial charge on any atom is -0.486 e. The van der Waals surface area contributed by atoms with Gasteiger partial charge in [-0.25, -0.2) is 4.57 Å². The van der Waals surface area contributed by atoms with Crippen LogP contribution < -0.4 is 9.30 Å². The van der Waals surface area contributed by atoms with Crippen LogP contribution in [0.2, 0.25) is 0 Å². The summed E-state index contributed by atoms with van der Waals surface area (Å²) in [5, 5.41) is 0. The third-order valence-electron chi connectivity index (χ3n) is 4.04. The highest BCUT2D eigenvalue weighted by Gasteiger charge is 2.51. The number of nitrogens with zero attached hydrogens (tertiary/aromatic N) is 1. The highest BCUT2D eigenvalue weighted by molar-refractivity contribution is 5.72. The average molecular weight is 254 g/mol. The summed E-state index contributed by atoms with van der Waals surface area (Å²) >= 11 is 0. The van der Waals surface area contributed by atoms with Gasteiger partial charge in [0.1, 0.15) is 18.4 Å². The molecule has 0 amide bonds. The Kier molecular flexibility index (Phi) is 1.73. The van der Waals surface area contributed by atoms with Gasteiger partial charge >= 0.3 is 0 Å². The van der Waals surface area contributed by atoms with E-state index in [4.69, 9.17) is 7.48 Å². The number of hydrogen-bond acceptors (Lipinski definition) is 1. The minimum absolute atomic E-state index is 0.620. The molecule has 2 heteroatoms. The number of aromatic nitrogens is 1. The number of aryl methyl sites for hydroxylation is 2. The smallest absolute Gasteiger partial charge is 0.216 e. The van der Waals surface area contributed by atoms with Crippen molar-refractivity contribution >= 4 is 0 Å². The normalized spacial score (nSPS) is 22.4. The molecule has 0 N–H and O–H groups in total. The van der Waals surface area contributed by atoms with Gasteiger partial charge in [-0.2, -0.15) is 0 Å². The van der Waals surface area contributed by atoms with Gasteiger partial charge in [-0.3, -0.25) is 0 Å². The zero-order valence-electron chi connectivity index (χ0n) is 13.2. The second-order valence-corrected chi connectivity index (χ2v) is 5.55. The van der Waals surface area contributed by atoms with Crippen LogP contribution in [0.3, 0.4) is 0 Å². The first-order valence-electron chi connectivity index (χ1n) is 7.74. The van der Waals surface area contributed by atoms with E-state index < -0.39 is 12.0 Å². The molecular formula is C17H18NO+. The molecule has 1 aromatic heterocycles. The number of ether oxygens (including phenoxy) is 1. The van der Waals surface area contributed by atoms with E-state index in [1.165, 1.54) is 0 Å². The summed E-state index contributed by atoms with van der Waals surface area (Å²) in [6, 6.07) is 9.95. The minimum atomic E-state index is -1.39. The van der Waals surface area contributed by atoms with Crippen molar-refractivity contribution in [2.24, 2.45) is 7.05 Å². The summed E-state index contributed by atoms with van der Waals surface area (Å²) < 4.78 is 25.1. The summed E-state index contributed by atoms with van der Waals surface area (Å²) in [4.78, 5) is 0. The van der Waals surface area contributed by atoms with E-state index in [-0.39, 0.29) is 0 Å². The van der Waals surface area contributed by atoms with Crippen molar-refractivity contribution in [3.63, 3.8) is 0 Å². The molecule has 1 saturated carbocycles. The lowest BCUT2D eigenvalue weighted by molar-refractivity contribution is -0.660. The van der Waals surface area contributed by atoms with Gasteiger partial charge in [0.2, 0.25) is 5.69 Å². The summed E-state index contributed by atoms with van der Waals surface area (Å²) in [6.07, 6.45) is 2.21. The third kappa shape index (κ3) is 1.59. The van der Waals surface area contributed by atoms with Crippen molar-refractivity contribution in [1.82, 2.24) is 0 Å². The quantitative estimate of drug-likeness (QED) is 0.713. The molecule has 2 heterocycles. The van der Waals surface area contributed by atoms with E-state index in [0.29, 0.717) is 5.56 Å². The molecule has 2 nitrogen and oxygen atoms in total. The van der Waals surface area contributed by atoms with Gasteiger partial charge in [-0.05, 0) is 37.0 Å². The average Bonchev–Trinajstić information content (AvgIpc) is 3.17. The van der Waals surface area contributed by atoms with Crippen LogP contribution in [0.1, 0.15) is 26.7 Å². The fraction of sp³-hybridized carbons (Fsp3) is 0.353. The van der Waals surface area contributed by atoms with E-state index in [2.05, 4.69) is 17.6 Å². The maximum atomic E-state index is 8.45. The van der Waals surface area contributed by atoms with Crippen LogP contribution in [-0.4, -0.2) is 5.60 Å². The highest BCUT2D eigenvalue weighted by atomic mass is 16.5. The first kappa shape index (κ1) is 9.13. The molecule has 0 unspecified atom stereocenters. The Hall–Kier alpha value is -1.83. The van der Waals surface area contributed by atoms with Crippen molar-refractivity contribution in [3.05, 3.63) is 47.7 Å². The number of fused-ring (bicyclic) bond motifs is 1. The second kappa shape index (κ2) is 3.60. The molecule has 2 aliphatic rings. The van der Waals surface area contributed by atoms with Crippen LogP contribution in [0, 0.1) is 6.92 Å². The zero-order chi connectivity index (χ0) is 14.8. The van der Waals surface area contributed by atoms with Gasteiger partial charge in [0.05, 0.1) is 5.56 Å². The van der Waals surface area contributed by atoms with Crippen LogP contribution in [0.15, 0.2) is 36.5 Å². The first-order valence-corrected chi connectivity index (χ1v) is 6.74. The van der Waals surface area contributed by atoms with Crippen LogP contribution in [0.4, 0.5) is 0 Å². The fourth-order valence-corrected chi connectivity index (χ4v) is 2.79. The Labute approximate surface area is 116 Å². The number of benzene rings is 1. The molecule has 1 aromatic carbocycles. The lowest BCUT2D eigenvalue weighted by atomic mass is 9.98. The largest absolute Gasteiger partial charge is 0.486 e. The molecule has 0 saturated heterocycles. The number of pyridine rings is 1. The molecule has 4 rings (SSSR count). The maximum absolute atomic E-state index is 8.45. The molecular weight excluding hydrogens is 234 g/mol. The Morgan fingerprint density at radius 2 is 2.11 bits per heavy atom. The monoisotopic (exact) mass is 254 g/mol. The summed E-state index contributed by atoms with van der Waals surface area (Å²) in [7, 11) is 2.00. The molecule has 0 bridgehead atoms. The standard InChI is InChI=1S/C17H18NO/c1-12-6-7-13-11-17(8-9-17)19-16(13)15(12)14-5-3-4-10-18(14)2/h3-7,10H,8-9,11H2,1-2H3/q+1/i11D2. The van der Waals surface area contributed by atoms with Gasteiger partial charge in [0, 0.05) is 21.2 Å². The summed E-state index contributed by atoms with van der Waals surface area (Å²) in [5.74, 6) is 0.735. The maximum Gasteiger partial charge on any atom is 0.216 e. The predicted molar refractivity (Wildman–Crippen MR) is 74.1 cm³/mol. The topological polar surface area (TPSA) is 13.1 Å². The molecule has 1 aliphatic heterocycles. The number of rotatable bonds is 1. The Balaban J connectivity index is 2.00. The van der Waals surface area contributed by atoms with Crippen LogP contribution >= 0.6 is 0 Å². The van der Waals surface area contributed by atoms with Crippen LogP contribution in [-0.2, 0) is 13.4 Å². The Bertz CT molecular complexity index is 750. The fourth-order valence-electron chi connectivity index (χ4n) is 2.79. The van der Waals surface area contributed by atoms with Crippen molar-refractivity contribution in [2.75, 3.05) is 0 Å². The Morgan fingerprint density at radius 3 is 2.84 bits per heavy atom.